The van der Waals surface area contributed by atoms with Crippen LogP contribution >= 0.6 is 0 Å². The van der Waals surface area contributed by atoms with Gasteiger partial charge in [0.05, 0.1) is 23.3 Å². The first-order valence-corrected chi connectivity index (χ1v) is 6.39. The van der Waals surface area contributed by atoms with E-state index in [2.05, 4.69) is 0 Å². The second kappa shape index (κ2) is 5.71. The van der Waals surface area contributed by atoms with Crippen LogP contribution in [0.2, 0.25) is 0 Å². The van der Waals surface area contributed by atoms with Crippen molar-refractivity contribution >= 4 is 5.69 Å². The highest BCUT2D eigenvalue weighted by Crippen LogP contribution is 2.34. The third-order valence-corrected chi connectivity index (χ3v) is 3.25. The Morgan fingerprint density at radius 1 is 1.40 bits per heavy atom. The Labute approximate surface area is 115 Å². The smallest absolute Gasteiger partial charge is 0.377 e. The second-order valence-electron chi connectivity index (χ2n) is 4.82. The number of benzene rings is 1. The fraction of sp³-hybridized carbons (Fsp3) is 0.500. The van der Waals surface area contributed by atoms with Gasteiger partial charge in [-0.15, -0.1) is 0 Å². The molecule has 1 heterocycles. The summed E-state index contributed by atoms with van der Waals surface area (Å²) >= 11 is 0. The van der Waals surface area contributed by atoms with E-state index in [1.54, 1.807) is 12.1 Å². The Hall–Kier alpha value is -1.74. The number of ether oxygens (including phenoxy) is 1. The zero-order valence-electron chi connectivity index (χ0n) is 11.1. The molecule has 1 aromatic rings. The van der Waals surface area contributed by atoms with Gasteiger partial charge in [0.1, 0.15) is 0 Å². The molecule has 6 heteroatoms. The van der Waals surface area contributed by atoms with Gasteiger partial charge in [-0.2, -0.15) is 18.4 Å². The lowest BCUT2D eigenvalue weighted by atomic mass is 10.1. The van der Waals surface area contributed by atoms with Gasteiger partial charge in [-0.3, -0.25) is 0 Å². The van der Waals surface area contributed by atoms with E-state index in [1.807, 2.05) is 11.8 Å². The number of alkyl halides is 3. The van der Waals surface area contributed by atoms with Crippen molar-refractivity contribution in [3.63, 3.8) is 0 Å². The highest BCUT2D eigenvalue weighted by molar-refractivity contribution is 5.55. The molecule has 0 bridgehead atoms. The molecule has 1 fully saturated rings. The van der Waals surface area contributed by atoms with E-state index in [4.69, 9.17) is 10.00 Å². The Morgan fingerprint density at radius 2 is 2.15 bits per heavy atom. The molecule has 0 N–H and O–H groups in total. The van der Waals surface area contributed by atoms with Crippen LogP contribution in [0.25, 0.3) is 0 Å². The van der Waals surface area contributed by atoms with Crippen LogP contribution in [0.15, 0.2) is 18.2 Å². The molecule has 20 heavy (non-hydrogen) atoms. The molecule has 2 rings (SSSR count). The van der Waals surface area contributed by atoms with Crippen LogP contribution in [0.3, 0.4) is 0 Å². The summed E-state index contributed by atoms with van der Waals surface area (Å²) in [4.78, 5) is 1.87. The summed E-state index contributed by atoms with van der Waals surface area (Å²) in [5.74, 6) is 0. The first-order valence-electron chi connectivity index (χ1n) is 6.39. The maximum absolute atomic E-state index is 12.9. The quantitative estimate of drug-likeness (QED) is 0.794. The summed E-state index contributed by atoms with van der Waals surface area (Å²) in [6, 6.07) is 5.43. The van der Waals surface area contributed by atoms with Gasteiger partial charge in [-0.05, 0) is 31.5 Å². The van der Waals surface area contributed by atoms with Crippen molar-refractivity contribution in [1.29, 1.82) is 5.26 Å². The van der Waals surface area contributed by atoms with E-state index in [0.29, 0.717) is 25.4 Å². The van der Waals surface area contributed by atoms with Crippen molar-refractivity contribution in [3.05, 3.63) is 29.3 Å². The maximum Gasteiger partial charge on any atom is 0.417 e. The van der Waals surface area contributed by atoms with E-state index in [1.165, 1.54) is 6.07 Å². The van der Waals surface area contributed by atoms with Crippen molar-refractivity contribution in [2.45, 2.75) is 25.6 Å². The summed E-state index contributed by atoms with van der Waals surface area (Å²) in [6.07, 6.45) is -3.77. The highest BCUT2D eigenvalue weighted by atomic mass is 19.4. The molecule has 1 aliphatic rings. The van der Waals surface area contributed by atoms with E-state index in [9.17, 15) is 13.2 Å². The normalized spacial score (nSPS) is 20.4. The van der Waals surface area contributed by atoms with Crippen LogP contribution in [0.4, 0.5) is 18.9 Å². The molecule has 0 aliphatic carbocycles. The van der Waals surface area contributed by atoms with Gasteiger partial charge in [0, 0.05) is 25.4 Å². The minimum Gasteiger partial charge on any atom is -0.377 e. The van der Waals surface area contributed by atoms with Crippen molar-refractivity contribution < 1.29 is 17.9 Å². The number of hydrogen-bond acceptors (Lipinski definition) is 3. The van der Waals surface area contributed by atoms with Crippen LogP contribution in [0.1, 0.15) is 24.5 Å². The molecule has 0 spiro atoms. The van der Waals surface area contributed by atoms with E-state index in [0.717, 1.165) is 12.5 Å². The SMILES string of the molecule is CC1CN(c2ccc(C#N)c(C(F)(F)F)c2)CCCO1. The fourth-order valence-corrected chi connectivity index (χ4v) is 2.29. The fourth-order valence-electron chi connectivity index (χ4n) is 2.29. The molecule has 0 amide bonds. The zero-order valence-corrected chi connectivity index (χ0v) is 11.1. The number of hydrogen-bond donors (Lipinski definition) is 0. The zero-order chi connectivity index (χ0) is 14.8. The summed E-state index contributed by atoms with van der Waals surface area (Å²) < 4.78 is 44.3. The average molecular weight is 284 g/mol. The summed E-state index contributed by atoms with van der Waals surface area (Å²) in [6.45, 7) is 3.70. The lowest BCUT2D eigenvalue weighted by Crippen LogP contribution is -2.30. The Morgan fingerprint density at radius 3 is 2.80 bits per heavy atom. The van der Waals surface area contributed by atoms with Gasteiger partial charge in [0.25, 0.3) is 0 Å². The van der Waals surface area contributed by atoms with Gasteiger partial charge in [0.2, 0.25) is 0 Å². The molecular weight excluding hydrogens is 269 g/mol. The second-order valence-corrected chi connectivity index (χ2v) is 4.82. The topological polar surface area (TPSA) is 36.3 Å². The number of nitrogens with zero attached hydrogens (tertiary/aromatic N) is 2. The predicted molar refractivity (Wildman–Crippen MR) is 68.4 cm³/mol. The molecule has 3 nitrogen and oxygen atoms in total. The first-order chi connectivity index (χ1) is 9.41. The monoisotopic (exact) mass is 284 g/mol. The van der Waals surface area contributed by atoms with Gasteiger partial charge in [0.15, 0.2) is 0 Å². The van der Waals surface area contributed by atoms with Gasteiger partial charge < -0.3 is 9.64 Å². The molecule has 0 aromatic heterocycles. The van der Waals surface area contributed by atoms with Crippen LogP contribution in [-0.2, 0) is 10.9 Å². The van der Waals surface area contributed by atoms with E-state index < -0.39 is 11.7 Å². The molecule has 1 atom stereocenters. The van der Waals surface area contributed by atoms with Gasteiger partial charge in [-0.25, -0.2) is 0 Å². The molecule has 1 unspecified atom stereocenters. The number of rotatable bonds is 1. The lowest BCUT2D eigenvalue weighted by Gasteiger charge is -2.25. The van der Waals surface area contributed by atoms with Crippen molar-refractivity contribution in [1.82, 2.24) is 0 Å². The number of anilines is 1. The molecule has 0 saturated carbocycles. The van der Waals surface area contributed by atoms with Crippen molar-refractivity contribution in [2.24, 2.45) is 0 Å². The lowest BCUT2D eigenvalue weighted by molar-refractivity contribution is -0.137. The van der Waals surface area contributed by atoms with Crippen molar-refractivity contribution in [3.8, 4) is 6.07 Å². The molecule has 1 aliphatic heterocycles. The molecule has 0 radical (unpaired) electrons. The van der Waals surface area contributed by atoms with E-state index >= 15 is 0 Å². The third kappa shape index (κ3) is 3.23. The molecule has 108 valence electrons. The third-order valence-electron chi connectivity index (χ3n) is 3.25. The minimum atomic E-state index is -4.52. The largest absolute Gasteiger partial charge is 0.417 e. The summed E-state index contributed by atoms with van der Waals surface area (Å²) in [5, 5.41) is 8.79. The maximum atomic E-state index is 12.9. The minimum absolute atomic E-state index is 0.0255. The van der Waals surface area contributed by atoms with Crippen LogP contribution < -0.4 is 4.90 Å². The number of halogens is 3. The Kier molecular flexibility index (Phi) is 4.19. The Bertz CT molecular complexity index is 522. The summed E-state index contributed by atoms with van der Waals surface area (Å²) in [5.41, 5.74) is -0.746. The first kappa shape index (κ1) is 14.7. The summed E-state index contributed by atoms with van der Waals surface area (Å²) in [7, 11) is 0. The molecular formula is C14H15F3N2O. The van der Waals surface area contributed by atoms with E-state index in [-0.39, 0.29) is 11.7 Å². The van der Waals surface area contributed by atoms with Crippen LogP contribution in [0.5, 0.6) is 0 Å². The highest BCUT2D eigenvalue weighted by Gasteiger charge is 2.34. The molecule has 1 aromatic carbocycles. The van der Waals surface area contributed by atoms with Gasteiger partial charge in [-0.1, -0.05) is 0 Å². The van der Waals surface area contributed by atoms with Crippen LogP contribution in [0, 0.1) is 11.3 Å². The predicted octanol–water partition coefficient (Wildman–Crippen LogP) is 3.19. The Balaban J connectivity index is 2.35. The van der Waals surface area contributed by atoms with Gasteiger partial charge >= 0.3 is 6.18 Å². The average Bonchev–Trinajstić information content (AvgIpc) is 2.61. The standard InChI is InChI=1S/C14H15F3N2O/c1-10-9-19(5-2-6-20-10)12-4-3-11(8-18)13(7-12)14(15,16)17/h3-4,7,10H,2,5-6,9H2,1H3. The van der Waals surface area contributed by atoms with Crippen molar-refractivity contribution in [2.75, 3.05) is 24.6 Å². The van der Waals surface area contributed by atoms with Crippen LogP contribution in [-0.4, -0.2) is 25.8 Å². The number of nitriles is 1. The molecule has 1 saturated heterocycles.